The Labute approximate surface area is 128 Å². The summed E-state index contributed by atoms with van der Waals surface area (Å²) in [7, 11) is 0. The first kappa shape index (κ1) is 14.3. The van der Waals surface area contributed by atoms with Crippen LogP contribution in [0.1, 0.15) is 30.2 Å². The number of aromatic nitrogens is 2. The molecule has 0 bridgehead atoms. The van der Waals surface area contributed by atoms with Crippen LogP contribution in [0.2, 0.25) is 0 Å². The molecule has 0 aliphatic carbocycles. The summed E-state index contributed by atoms with van der Waals surface area (Å²) >= 11 is 1.65. The highest BCUT2D eigenvalue weighted by molar-refractivity contribution is 8.00. The lowest BCUT2D eigenvalue weighted by molar-refractivity contribution is -0.128. The third-order valence-corrected chi connectivity index (χ3v) is 4.83. The molecular formula is C15H19N3O2S. The second-order valence-electron chi connectivity index (χ2n) is 5.06. The van der Waals surface area contributed by atoms with Crippen LogP contribution in [0.3, 0.4) is 0 Å². The zero-order valence-electron chi connectivity index (χ0n) is 12.1. The number of amides is 1. The van der Waals surface area contributed by atoms with Gasteiger partial charge in [-0.1, -0.05) is 6.92 Å². The fourth-order valence-electron chi connectivity index (χ4n) is 2.49. The van der Waals surface area contributed by atoms with Crippen LogP contribution in [0.15, 0.2) is 35.3 Å². The van der Waals surface area contributed by atoms with E-state index < -0.39 is 0 Å². The molecule has 1 aliphatic rings. The molecule has 3 rings (SSSR count). The van der Waals surface area contributed by atoms with Crippen molar-refractivity contribution in [2.75, 3.05) is 12.3 Å². The van der Waals surface area contributed by atoms with Crippen molar-refractivity contribution in [2.24, 2.45) is 0 Å². The highest BCUT2D eigenvalue weighted by Gasteiger charge is 2.34. The van der Waals surface area contributed by atoms with Crippen LogP contribution < -0.4 is 0 Å². The van der Waals surface area contributed by atoms with E-state index in [2.05, 4.69) is 11.9 Å². The minimum Gasteiger partial charge on any atom is -0.463 e. The topological polar surface area (TPSA) is 51.3 Å². The molecule has 3 heterocycles. The van der Waals surface area contributed by atoms with E-state index in [-0.39, 0.29) is 11.3 Å². The summed E-state index contributed by atoms with van der Waals surface area (Å²) in [6.45, 7) is 3.69. The van der Waals surface area contributed by atoms with Crippen molar-refractivity contribution in [3.05, 3.63) is 42.4 Å². The number of hydrogen-bond acceptors (Lipinski definition) is 4. The Kier molecular flexibility index (Phi) is 4.34. The summed E-state index contributed by atoms with van der Waals surface area (Å²) in [5, 5.41) is 0.0283. The van der Waals surface area contributed by atoms with E-state index in [1.165, 1.54) is 0 Å². The predicted octanol–water partition coefficient (Wildman–Crippen LogP) is 2.70. The number of carbonyl (C=O) groups is 1. The van der Waals surface area contributed by atoms with Gasteiger partial charge in [0.1, 0.15) is 16.9 Å². The van der Waals surface area contributed by atoms with Crippen molar-refractivity contribution >= 4 is 17.7 Å². The lowest BCUT2D eigenvalue weighted by atomic mass is 10.3. The average molecular weight is 305 g/mol. The molecule has 0 spiro atoms. The first-order chi connectivity index (χ1) is 10.3. The van der Waals surface area contributed by atoms with Crippen LogP contribution in [0.4, 0.5) is 0 Å². The van der Waals surface area contributed by atoms with E-state index in [0.717, 1.165) is 37.5 Å². The molecule has 2 aromatic heterocycles. The zero-order valence-corrected chi connectivity index (χ0v) is 12.9. The molecule has 1 aliphatic heterocycles. The molecule has 1 fully saturated rings. The quantitative estimate of drug-likeness (QED) is 0.823. The standard InChI is InChI=1S/C15H19N3O2S/c1-2-12-4-5-13(20-12)15-18(14(19)10-21-15)8-3-7-17-9-6-16-11-17/h4-6,9,11,15H,2-3,7-8,10H2,1H3. The van der Waals surface area contributed by atoms with E-state index in [1.807, 2.05) is 27.8 Å². The molecule has 0 saturated carbocycles. The summed E-state index contributed by atoms with van der Waals surface area (Å²) in [5.74, 6) is 2.61. The van der Waals surface area contributed by atoms with Crippen molar-refractivity contribution in [2.45, 2.75) is 31.7 Å². The predicted molar refractivity (Wildman–Crippen MR) is 81.8 cm³/mol. The van der Waals surface area contributed by atoms with Crippen LogP contribution in [0.5, 0.6) is 0 Å². The molecule has 1 amide bonds. The Bertz CT molecular complexity index is 594. The summed E-state index contributed by atoms with van der Waals surface area (Å²) < 4.78 is 7.85. The normalized spacial score (nSPS) is 18.6. The van der Waals surface area contributed by atoms with E-state index in [9.17, 15) is 4.79 Å². The van der Waals surface area contributed by atoms with Gasteiger partial charge in [0.25, 0.3) is 0 Å². The lowest BCUT2D eigenvalue weighted by Gasteiger charge is -2.22. The average Bonchev–Trinajstić information content (AvgIpc) is 3.21. The van der Waals surface area contributed by atoms with Crippen LogP contribution >= 0.6 is 11.8 Å². The van der Waals surface area contributed by atoms with E-state index in [0.29, 0.717) is 5.75 Å². The van der Waals surface area contributed by atoms with Crippen molar-refractivity contribution in [1.82, 2.24) is 14.5 Å². The number of nitrogens with zero attached hydrogens (tertiary/aromatic N) is 3. The van der Waals surface area contributed by atoms with Gasteiger partial charge < -0.3 is 13.9 Å². The third-order valence-electron chi connectivity index (χ3n) is 3.62. The fraction of sp³-hybridized carbons (Fsp3) is 0.467. The fourth-order valence-corrected chi connectivity index (χ4v) is 3.65. The highest BCUT2D eigenvalue weighted by Crippen LogP contribution is 2.39. The summed E-state index contributed by atoms with van der Waals surface area (Å²) in [6.07, 6.45) is 7.32. The Morgan fingerprint density at radius 3 is 3.05 bits per heavy atom. The van der Waals surface area contributed by atoms with Gasteiger partial charge in [-0.25, -0.2) is 4.98 Å². The Hall–Kier alpha value is -1.69. The van der Waals surface area contributed by atoms with Gasteiger partial charge in [0.2, 0.25) is 5.91 Å². The number of aryl methyl sites for hydroxylation is 2. The van der Waals surface area contributed by atoms with Gasteiger partial charge in [0.15, 0.2) is 0 Å². The molecule has 2 aromatic rings. The first-order valence-electron chi connectivity index (χ1n) is 7.23. The van der Waals surface area contributed by atoms with E-state index in [1.54, 1.807) is 24.3 Å². The zero-order chi connectivity index (χ0) is 14.7. The van der Waals surface area contributed by atoms with Crippen LogP contribution in [0, 0.1) is 0 Å². The van der Waals surface area contributed by atoms with Crippen LogP contribution in [-0.4, -0.2) is 32.7 Å². The molecule has 21 heavy (non-hydrogen) atoms. The number of carbonyl (C=O) groups excluding carboxylic acids is 1. The van der Waals surface area contributed by atoms with E-state index >= 15 is 0 Å². The number of furan rings is 1. The smallest absolute Gasteiger partial charge is 0.233 e. The van der Waals surface area contributed by atoms with Crippen LogP contribution in [-0.2, 0) is 17.8 Å². The monoisotopic (exact) mass is 305 g/mol. The van der Waals surface area contributed by atoms with Crippen molar-refractivity contribution in [3.63, 3.8) is 0 Å². The van der Waals surface area contributed by atoms with Gasteiger partial charge in [-0.05, 0) is 18.6 Å². The highest BCUT2D eigenvalue weighted by atomic mass is 32.2. The van der Waals surface area contributed by atoms with Crippen molar-refractivity contribution in [3.8, 4) is 0 Å². The summed E-state index contributed by atoms with van der Waals surface area (Å²) in [6, 6.07) is 4.00. The Morgan fingerprint density at radius 1 is 1.43 bits per heavy atom. The van der Waals surface area contributed by atoms with E-state index in [4.69, 9.17) is 4.42 Å². The van der Waals surface area contributed by atoms with Gasteiger partial charge in [-0.3, -0.25) is 4.79 Å². The lowest BCUT2D eigenvalue weighted by Crippen LogP contribution is -2.29. The molecule has 0 N–H and O–H groups in total. The molecule has 1 atom stereocenters. The Balaban J connectivity index is 1.62. The summed E-state index contributed by atoms with van der Waals surface area (Å²) in [5.41, 5.74) is 0. The molecule has 5 nitrogen and oxygen atoms in total. The van der Waals surface area contributed by atoms with Gasteiger partial charge >= 0.3 is 0 Å². The maximum Gasteiger partial charge on any atom is 0.233 e. The molecule has 0 radical (unpaired) electrons. The van der Waals surface area contributed by atoms with Gasteiger partial charge in [0.05, 0.1) is 12.1 Å². The third kappa shape index (κ3) is 3.15. The van der Waals surface area contributed by atoms with Gasteiger partial charge in [-0.2, -0.15) is 0 Å². The number of thioether (sulfide) groups is 1. The maximum atomic E-state index is 12.1. The summed E-state index contributed by atoms with van der Waals surface area (Å²) in [4.78, 5) is 18.0. The second kappa shape index (κ2) is 6.39. The van der Waals surface area contributed by atoms with Crippen molar-refractivity contribution in [1.29, 1.82) is 0 Å². The molecule has 112 valence electrons. The largest absolute Gasteiger partial charge is 0.463 e. The number of hydrogen-bond donors (Lipinski definition) is 0. The first-order valence-corrected chi connectivity index (χ1v) is 8.28. The molecule has 0 aromatic carbocycles. The molecule has 1 unspecified atom stereocenters. The molecule has 1 saturated heterocycles. The van der Waals surface area contributed by atoms with Gasteiger partial charge in [0, 0.05) is 31.9 Å². The second-order valence-corrected chi connectivity index (χ2v) is 6.13. The SMILES string of the molecule is CCc1ccc(C2SCC(=O)N2CCCn2ccnc2)o1. The minimum atomic E-state index is 0.0283. The van der Waals surface area contributed by atoms with Crippen LogP contribution in [0.25, 0.3) is 0 Å². The van der Waals surface area contributed by atoms with Gasteiger partial charge in [-0.15, -0.1) is 11.8 Å². The van der Waals surface area contributed by atoms with Crippen molar-refractivity contribution < 1.29 is 9.21 Å². The Morgan fingerprint density at radius 2 is 2.33 bits per heavy atom. The molecule has 6 heteroatoms. The minimum absolute atomic E-state index is 0.0283. The maximum absolute atomic E-state index is 12.1. The molecular weight excluding hydrogens is 286 g/mol. The number of imidazole rings is 1. The number of rotatable bonds is 6.